The van der Waals surface area contributed by atoms with Gasteiger partial charge < -0.3 is 10.2 Å². The maximum atomic E-state index is 9.82. The summed E-state index contributed by atoms with van der Waals surface area (Å²) in [5.74, 6) is 0.259. The Balaban J connectivity index is 2.76. The smallest absolute Gasteiger partial charge is 0.134 e. The van der Waals surface area contributed by atoms with Crippen LogP contribution in [-0.4, -0.2) is 34.8 Å². The molecule has 88 valence electrons. The fraction of sp³-hybridized carbons (Fsp3) is 0.333. The zero-order valence-electron chi connectivity index (χ0n) is 9.06. The molecule has 0 fully saturated rings. The first-order valence-electron chi connectivity index (χ1n) is 5.09. The summed E-state index contributed by atoms with van der Waals surface area (Å²) in [6, 6.07) is 5.54. The van der Waals surface area contributed by atoms with Crippen molar-refractivity contribution in [2.45, 2.75) is 6.54 Å². The van der Waals surface area contributed by atoms with Gasteiger partial charge in [-0.25, -0.2) is 0 Å². The van der Waals surface area contributed by atoms with E-state index in [1.54, 1.807) is 12.1 Å². The van der Waals surface area contributed by atoms with Crippen LogP contribution in [0, 0.1) is 0 Å². The van der Waals surface area contributed by atoms with Gasteiger partial charge in [-0.15, -0.1) is 6.58 Å². The number of aliphatic hydroxyl groups excluding tert-OH is 1. The van der Waals surface area contributed by atoms with Crippen molar-refractivity contribution in [1.82, 2.24) is 4.90 Å². The summed E-state index contributed by atoms with van der Waals surface area (Å²) in [6.07, 6.45) is 1.78. The number of benzene rings is 1. The van der Waals surface area contributed by atoms with Crippen molar-refractivity contribution in [3.63, 3.8) is 0 Å². The molecule has 0 aliphatic heterocycles. The van der Waals surface area contributed by atoms with Crippen molar-refractivity contribution in [1.29, 1.82) is 0 Å². The van der Waals surface area contributed by atoms with Crippen molar-refractivity contribution < 1.29 is 10.2 Å². The Morgan fingerprint density at radius 2 is 2.19 bits per heavy atom. The average Bonchev–Trinajstić information content (AvgIpc) is 2.25. The molecule has 1 rings (SSSR count). The Labute approximate surface area is 104 Å². The molecule has 0 amide bonds. The maximum Gasteiger partial charge on any atom is 0.134 e. The minimum Gasteiger partial charge on any atom is -0.506 e. The summed E-state index contributed by atoms with van der Waals surface area (Å²) in [6.45, 7) is 5.62. The van der Waals surface area contributed by atoms with Crippen LogP contribution in [0.1, 0.15) is 5.56 Å². The third-order valence-corrected chi connectivity index (χ3v) is 2.91. The Morgan fingerprint density at radius 1 is 1.44 bits per heavy atom. The molecular formula is C12H16BrNO2. The minimum absolute atomic E-state index is 0.0998. The molecular weight excluding hydrogens is 270 g/mol. The Morgan fingerprint density at radius 3 is 2.81 bits per heavy atom. The molecule has 3 nitrogen and oxygen atoms in total. The highest BCUT2D eigenvalue weighted by molar-refractivity contribution is 9.10. The Hall–Kier alpha value is -0.840. The summed E-state index contributed by atoms with van der Waals surface area (Å²) >= 11 is 3.28. The van der Waals surface area contributed by atoms with Gasteiger partial charge >= 0.3 is 0 Å². The molecule has 0 saturated heterocycles. The first-order chi connectivity index (χ1) is 7.69. The second-order valence-electron chi connectivity index (χ2n) is 3.49. The molecule has 0 spiro atoms. The van der Waals surface area contributed by atoms with Gasteiger partial charge in [-0.1, -0.05) is 18.2 Å². The number of phenolic OH excluding ortho intramolecular Hbond substituents is 1. The van der Waals surface area contributed by atoms with E-state index in [9.17, 15) is 5.11 Å². The topological polar surface area (TPSA) is 43.7 Å². The van der Waals surface area contributed by atoms with E-state index in [1.807, 2.05) is 17.0 Å². The number of rotatable bonds is 6. The van der Waals surface area contributed by atoms with Gasteiger partial charge in [0, 0.05) is 25.2 Å². The normalized spacial score (nSPS) is 10.7. The Bertz CT molecular complexity index is 355. The van der Waals surface area contributed by atoms with Gasteiger partial charge in [0.15, 0.2) is 0 Å². The fourth-order valence-corrected chi connectivity index (χ4v) is 1.89. The maximum absolute atomic E-state index is 9.82. The van der Waals surface area contributed by atoms with Gasteiger partial charge in [-0.05, 0) is 22.0 Å². The van der Waals surface area contributed by atoms with E-state index >= 15 is 0 Å². The molecule has 0 bridgehead atoms. The van der Waals surface area contributed by atoms with Crippen LogP contribution in [0.25, 0.3) is 0 Å². The lowest BCUT2D eigenvalue weighted by molar-refractivity contribution is 0.202. The largest absolute Gasteiger partial charge is 0.506 e. The number of aliphatic hydroxyl groups is 1. The highest BCUT2D eigenvalue weighted by atomic mass is 79.9. The molecule has 0 saturated carbocycles. The van der Waals surface area contributed by atoms with E-state index in [0.717, 1.165) is 5.56 Å². The summed E-state index contributed by atoms with van der Waals surface area (Å²) in [5, 5.41) is 18.7. The predicted octanol–water partition coefficient (Wildman–Crippen LogP) is 2.14. The number of para-hydroxylation sites is 1. The lowest BCUT2D eigenvalue weighted by atomic mass is 10.2. The van der Waals surface area contributed by atoms with Crippen molar-refractivity contribution >= 4 is 15.9 Å². The first-order valence-corrected chi connectivity index (χ1v) is 5.88. The number of hydrogen-bond donors (Lipinski definition) is 2. The molecule has 16 heavy (non-hydrogen) atoms. The monoisotopic (exact) mass is 285 g/mol. The third-order valence-electron chi connectivity index (χ3n) is 2.27. The van der Waals surface area contributed by atoms with Crippen LogP contribution in [0.2, 0.25) is 0 Å². The summed E-state index contributed by atoms with van der Waals surface area (Å²) in [7, 11) is 0. The Kier molecular flexibility index (Phi) is 5.52. The standard InChI is InChI=1S/C12H16BrNO2/c1-2-6-14(7-8-15)9-10-4-3-5-11(13)12(10)16/h2-5,15-16H,1,6-9H2. The van der Waals surface area contributed by atoms with Crippen LogP contribution in [0.3, 0.4) is 0 Å². The molecule has 1 aromatic carbocycles. The molecule has 0 radical (unpaired) electrons. The van der Waals surface area contributed by atoms with Gasteiger partial charge in [-0.3, -0.25) is 4.90 Å². The van der Waals surface area contributed by atoms with Gasteiger partial charge in [0.2, 0.25) is 0 Å². The minimum atomic E-state index is 0.0998. The molecule has 1 aromatic rings. The first kappa shape index (κ1) is 13.2. The van der Waals surface area contributed by atoms with Crippen LogP contribution in [0.4, 0.5) is 0 Å². The van der Waals surface area contributed by atoms with Crippen LogP contribution < -0.4 is 0 Å². The molecule has 0 aromatic heterocycles. The lowest BCUT2D eigenvalue weighted by Gasteiger charge is -2.20. The average molecular weight is 286 g/mol. The summed E-state index contributed by atoms with van der Waals surface area (Å²) in [5.41, 5.74) is 0.838. The van der Waals surface area contributed by atoms with Crippen molar-refractivity contribution in [2.24, 2.45) is 0 Å². The quantitative estimate of drug-likeness (QED) is 0.787. The van der Waals surface area contributed by atoms with Gasteiger partial charge in [0.05, 0.1) is 11.1 Å². The van der Waals surface area contributed by atoms with E-state index in [2.05, 4.69) is 22.5 Å². The van der Waals surface area contributed by atoms with Gasteiger partial charge in [0.1, 0.15) is 5.75 Å². The zero-order chi connectivity index (χ0) is 12.0. The fourth-order valence-electron chi connectivity index (χ4n) is 1.49. The van der Waals surface area contributed by atoms with E-state index < -0.39 is 0 Å². The molecule has 0 atom stereocenters. The molecule has 0 aliphatic rings. The summed E-state index contributed by atoms with van der Waals surface area (Å²) in [4.78, 5) is 2.01. The number of nitrogens with zero attached hydrogens (tertiary/aromatic N) is 1. The van der Waals surface area contributed by atoms with Crippen LogP contribution >= 0.6 is 15.9 Å². The van der Waals surface area contributed by atoms with Crippen LogP contribution in [-0.2, 0) is 6.54 Å². The molecule has 0 unspecified atom stereocenters. The highest BCUT2D eigenvalue weighted by Crippen LogP contribution is 2.28. The van der Waals surface area contributed by atoms with Crippen molar-refractivity contribution in [2.75, 3.05) is 19.7 Å². The van der Waals surface area contributed by atoms with Crippen molar-refractivity contribution in [3.05, 3.63) is 40.9 Å². The third kappa shape index (κ3) is 3.63. The lowest BCUT2D eigenvalue weighted by Crippen LogP contribution is -2.26. The second kappa shape index (κ2) is 6.68. The number of halogens is 1. The van der Waals surface area contributed by atoms with Crippen LogP contribution in [0.5, 0.6) is 5.75 Å². The molecule has 0 aliphatic carbocycles. The van der Waals surface area contributed by atoms with E-state index in [-0.39, 0.29) is 12.4 Å². The second-order valence-corrected chi connectivity index (χ2v) is 4.35. The summed E-state index contributed by atoms with van der Waals surface area (Å²) < 4.78 is 0.688. The number of hydrogen-bond acceptors (Lipinski definition) is 3. The molecule has 2 N–H and O–H groups in total. The highest BCUT2D eigenvalue weighted by Gasteiger charge is 2.09. The number of aromatic hydroxyl groups is 1. The van der Waals surface area contributed by atoms with E-state index in [0.29, 0.717) is 24.1 Å². The van der Waals surface area contributed by atoms with Gasteiger partial charge in [0.25, 0.3) is 0 Å². The van der Waals surface area contributed by atoms with E-state index in [4.69, 9.17) is 5.11 Å². The van der Waals surface area contributed by atoms with Gasteiger partial charge in [-0.2, -0.15) is 0 Å². The number of phenols is 1. The van der Waals surface area contributed by atoms with Crippen LogP contribution in [0.15, 0.2) is 35.3 Å². The van der Waals surface area contributed by atoms with Crippen molar-refractivity contribution in [3.8, 4) is 5.75 Å². The molecule has 4 heteroatoms. The predicted molar refractivity (Wildman–Crippen MR) is 68.4 cm³/mol. The SMILES string of the molecule is C=CCN(CCO)Cc1cccc(Br)c1O. The van der Waals surface area contributed by atoms with E-state index in [1.165, 1.54) is 0 Å². The zero-order valence-corrected chi connectivity index (χ0v) is 10.7. The molecule has 0 heterocycles.